The van der Waals surface area contributed by atoms with E-state index in [1.54, 1.807) is 0 Å². The Morgan fingerprint density at radius 2 is 2.00 bits per heavy atom. The van der Waals surface area contributed by atoms with Gasteiger partial charge in [0, 0.05) is 0 Å². The number of nitrogens with zero attached hydrogens (tertiary/aromatic N) is 1. The van der Waals surface area contributed by atoms with Crippen molar-refractivity contribution >= 4 is 5.97 Å². The van der Waals surface area contributed by atoms with Gasteiger partial charge in [0.25, 0.3) is 0 Å². The van der Waals surface area contributed by atoms with Crippen molar-refractivity contribution in [3.8, 4) is 0 Å². The molecule has 0 bridgehead atoms. The average molecular weight is 176 g/mol. The molecule has 0 saturated heterocycles. The largest absolute Gasteiger partial charge is 0.548 e. The predicted octanol–water partition coefficient (Wildman–Crippen LogP) is -2.87. The predicted molar refractivity (Wildman–Crippen MR) is 41.9 cm³/mol. The highest BCUT2D eigenvalue weighted by molar-refractivity contribution is 5.71. The summed E-state index contributed by atoms with van der Waals surface area (Å²) in [4.78, 5) is 10.2. The van der Waals surface area contributed by atoms with Crippen LogP contribution >= 0.6 is 0 Å². The Bertz CT molecular complexity index is 165. The molecule has 0 aliphatic heterocycles. The number of aliphatic hydroxyl groups excluding tert-OH is 1. The molecule has 72 valence electrons. The summed E-state index contributed by atoms with van der Waals surface area (Å²) in [6.07, 6.45) is -1.06. The van der Waals surface area contributed by atoms with Crippen LogP contribution in [0, 0.1) is 0 Å². The second kappa shape index (κ2) is 3.84. The lowest BCUT2D eigenvalue weighted by Crippen LogP contribution is -2.55. The molecule has 0 fully saturated rings. The lowest BCUT2D eigenvalue weighted by atomic mass is 10.1. The van der Waals surface area contributed by atoms with Crippen molar-refractivity contribution in [3.05, 3.63) is 0 Å². The van der Waals surface area contributed by atoms with Crippen LogP contribution in [0.5, 0.6) is 0 Å². The van der Waals surface area contributed by atoms with Crippen LogP contribution in [0.1, 0.15) is 0 Å². The minimum absolute atomic E-state index is 0.287. The zero-order valence-corrected chi connectivity index (χ0v) is 7.65. The van der Waals surface area contributed by atoms with Crippen LogP contribution in [0.4, 0.5) is 0 Å². The van der Waals surface area contributed by atoms with Crippen molar-refractivity contribution in [1.29, 1.82) is 0 Å². The molecular formula is C7H16N2O3. The molecule has 0 aromatic rings. The van der Waals surface area contributed by atoms with E-state index < -0.39 is 18.1 Å². The molecule has 12 heavy (non-hydrogen) atoms. The van der Waals surface area contributed by atoms with Crippen LogP contribution in [-0.4, -0.2) is 55.4 Å². The molecule has 0 heterocycles. The van der Waals surface area contributed by atoms with Gasteiger partial charge in [0.1, 0.15) is 12.6 Å². The first-order valence-electron chi connectivity index (χ1n) is 3.69. The van der Waals surface area contributed by atoms with E-state index in [9.17, 15) is 15.0 Å². The van der Waals surface area contributed by atoms with Gasteiger partial charge in [0.05, 0.1) is 33.2 Å². The fourth-order valence-electron chi connectivity index (χ4n) is 0.832. The Balaban J connectivity index is 4.04. The number of carboxylic acids is 1. The van der Waals surface area contributed by atoms with Crippen LogP contribution in [-0.2, 0) is 4.79 Å². The van der Waals surface area contributed by atoms with E-state index in [0.29, 0.717) is 4.48 Å². The van der Waals surface area contributed by atoms with Gasteiger partial charge in [-0.3, -0.25) is 0 Å². The monoisotopic (exact) mass is 176 g/mol. The van der Waals surface area contributed by atoms with E-state index in [0.717, 1.165) is 0 Å². The van der Waals surface area contributed by atoms with E-state index in [1.165, 1.54) is 0 Å². The molecular weight excluding hydrogens is 160 g/mol. The van der Waals surface area contributed by atoms with Crippen LogP contribution in [0.2, 0.25) is 0 Å². The first-order valence-corrected chi connectivity index (χ1v) is 3.69. The van der Waals surface area contributed by atoms with Crippen molar-refractivity contribution in [1.82, 2.24) is 0 Å². The van der Waals surface area contributed by atoms with Crippen molar-refractivity contribution in [2.75, 3.05) is 27.7 Å². The molecule has 0 spiro atoms. The first-order chi connectivity index (χ1) is 5.24. The van der Waals surface area contributed by atoms with Crippen molar-refractivity contribution < 1.29 is 19.5 Å². The molecule has 0 radical (unpaired) electrons. The Morgan fingerprint density at radius 3 is 2.25 bits per heavy atom. The summed E-state index contributed by atoms with van der Waals surface area (Å²) in [7, 11) is 5.52. The number of aliphatic carboxylic acids is 1. The maximum atomic E-state index is 10.2. The number of rotatable bonds is 4. The number of carboxylic acid groups (broad SMARTS) is 1. The highest BCUT2D eigenvalue weighted by atomic mass is 16.4. The summed E-state index contributed by atoms with van der Waals surface area (Å²) >= 11 is 0. The molecule has 0 aliphatic rings. The quantitative estimate of drug-likeness (QED) is 0.451. The summed E-state index contributed by atoms with van der Waals surface area (Å²) in [5, 5.41) is 19.5. The number of hydrogen-bond acceptors (Lipinski definition) is 4. The maximum Gasteiger partial charge on any atom is 0.123 e. The van der Waals surface area contributed by atoms with E-state index in [1.807, 2.05) is 21.1 Å². The number of carbonyl (C=O) groups is 1. The highest BCUT2D eigenvalue weighted by Crippen LogP contribution is 1.97. The Labute approximate surface area is 72.0 Å². The van der Waals surface area contributed by atoms with Gasteiger partial charge in [-0.1, -0.05) is 0 Å². The minimum Gasteiger partial charge on any atom is -0.548 e. The lowest BCUT2D eigenvalue weighted by Gasteiger charge is -2.29. The normalized spacial score (nSPS) is 17.1. The van der Waals surface area contributed by atoms with E-state index >= 15 is 0 Å². The molecule has 5 heteroatoms. The van der Waals surface area contributed by atoms with Gasteiger partial charge in [-0.15, -0.1) is 0 Å². The van der Waals surface area contributed by atoms with Gasteiger partial charge in [-0.05, 0) is 0 Å². The zero-order valence-electron chi connectivity index (χ0n) is 7.65. The molecule has 0 rings (SSSR count). The molecule has 1 unspecified atom stereocenters. The SMILES string of the molecule is C[N+](C)(C)C[C@H](O)C(N)C(=O)[O-]. The third-order valence-electron chi connectivity index (χ3n) is 1.42. The Morgan fingerprint density at radius 1 is 1.58 bits per heavy atom. The summed E-state index contributed by atoms with van der Waals surface area (Å²) in [6, 6.07) is -1.30. The molecule has 0 saturated carbocycles. The maximum absolute atomic E-state index is 10.2. The lowest BCUT2D eigenvalue weighted by molar-refractivity contribution is -0.873. The smallest absolute Gasteiger partial charge is 0.123 e. The average Bonchev–Trinajstić information content (AvgIpc) is 1.82. The van der Waals surface area contributed by atoms with Crippen LogP contribution in [0.3, 0.4) is 0 Å². The van der Waals surface area contributed by atoms with Gasteiger partial charge in [0.15, 0.2) is 0 Å². The molecule has 5 nitrogen and oxygen atoms in total. The fraction of sp³-hybridized carbons (Fsp3) is 0.857. The van der Waals surface area contributed by atoms with Crippen LogP contribution < -0.4 is 10.8 Å². The first kappa shape index (κ1) is 11.4. The van der Waals surface area contributed by atoms with Crippen molar-refractivity contribution in [2.24, 2.45) is 5.73 Å². The standard InChI is InChI=1S/C7H16N2O3/c1-9(2,3)4-5(10)6(8)7(11)12/h5-6,10H,4,8H2,1-3H3/t5-,6?/m0/s1. The molecule has 2 atom stereocenters. The summed E-state index contributed by atoms with van der Waals surface area (Å²) in [5.41, 5.74) is 5.15. The fourth-order valence-corrected chi connectivity index (χ4v) is 0.832. The van der Waals surface area contributed by atoms with E-state index in [4.69, 9.17) is 5.73 Å². The molecule has 0 aromatic carbocycles. The van der Waals surface area contributed by atoms with Gasteiger partial charge < -0.3 is 25.2 Å². The second-order valence-electron chi connectivity index (χ2n) is 3.89. The minimum atomic E-state index is -1.42. The zero-order chi connectivity index (χ0) is 9.94. The number of aliphatic hydroxyl groups is 1. The van der Waals surface area contributed by atoms with Gasteiger partial charge in [-0.2, -0.15) is 0 Å². The Hall–Kier alpha value is -0.650. The highest BCUT2D eigenvalue weighted by Gasteiger charge is 2.22. The summed E-state index contributed by atoms with van der Waals surface area (Å²) in [5.74, 6) is -1.42. The topological polar surface area (TPSA) is 86.4 Å². The third kappa shape index (κ3) is 4.27. The number of quaternary nitrogens is 1. The van der Waals surface area contributed by atoms with Crippen molar-refractivity contribution in [3.63, 3.8) is 0 Å². The van der Waals surface area contributed by atoms with Crippen LogP contribution in [0.25, 0.3) is 0 Å². The summed E-state index contributed by atoms with van der Waals surface area (Å²) in [6.45, 7) is 0.287. The van der Waals surface area contributed by atoms with Crippen LogP contribution in [0.15, 0.2) is 0 Å². The van der Waals surface area contributed by atoms with Gasteiger partial charge in [-0.25, -0.2) is 0 Å². The second-order valence-corrected chi connectivity index (χ2v) is 3.89. The van der Waals surface area contributed by atoms with Crippen molar-refractivity contribution in [2.45, 2.75) is 12.1 Å². The Kier molecular flexibility index (Phi) is 3.63. The van der Waals surface area contributed by atoms with E-state index in [-0.39, 0.29) is 6.54 Å². The molecule has 0 amide bonds. The molecule has 0 aliphatic carbocycles. The third-order valence-corrected chi connectivity index (χ3v) is 1.42. The number of carbonyl (C=O) groups excluding carboxylic acids is 1. The number of nitrogens with two attached hydrogens (primary N) is 1. The number of hydrogen-bond donors (Lipinski definition) is 2. The van der Waals surface area contributed by atoms with Gasteiger partial charge in [0.2, 0.25) is 0 Å². The molecule has 3 N–H and O–H groups in total. The molecule has 0 aromatic heterocycles. The summed E-state index contributed by atoms with van der Waals surface area (Å²) < 4.78 is 0.460. The van der Waals surface area contributed by atoms with Gasteiger partial charge >= 0.3 is 0 Å². The van der Waals surface area contributed by atoms with E-state index in [2.05, 4.69) is 0 Å². The number of likely N-dealkylation sites (N-methyl/N-ethyl adjacent to an activating group) is 1.